The molecular formula is C12H16ClF2N5O3S. The third-order valence-electron chi connectivity index (χ3n) is 3.11. The molecule has 0 aliphatic carbocycles. The van der Waals surface area contributed by atoms with Crippen LogP contribution in [-0.2, 0) is 10.0 Å². The highest BCUT2D eigenvalue weighted by atomic mass is 35.5. The quantitative estimate of drug-likeness (QED) is 0.667. The predicted octanol–water partition coefficient (Wildman–Crippen LogP) is 1.77. The van der Waals surface area contributed by atoms with Gasteiger partial charge in [0.1, 0.15) is 5.69 Å². The molecule has 0 saturated carbocycles. The number of rotatable bonds is 7. The van der Waals surface area contributed by atoms with Crippen molar-refractivity contribution in [2.24, 2.45) is 0 Å². The van der Waals surface area contributed by atoms with E-state index in [4.69, 9.17) is 11.6 Å². The van der Waals surface area contributed by atoms with Crippen molar-refractivity contribution >= 4 is 39.0 Å². The Balaban J connectivity index is 2.26. The fraction of sp³-hybridized carbons (Fsp3) is 0.417. The Morgan fingerprint density at radius 3 is 2.71 bits per heavy atom. The van der Waals surface area contributed by atoms with E-state index in [1.807, 2.05) is 0 Å². The summed E-state index contributed by atoms with van der Waals surface area (Å²) in [6, 6.07) is 1.45. The molecule has 0 bridgehead atoms. The van der Waals surface area contributed by atoms with Crippen LogP contribution < -0.4 is 20.8 Å². The fourth-order valence-corrected chi connectivity index (χ4v) is 2.76. The van der Waals surface area contributed by atoms with E-state index in [-0.39, 0.29) is 35.1 Å². The highest BCUT2D eigenvalue weighted by Gasteiger charge is 2.29. The SMILES string of the molecule is CCS(=O)(=O)Nc1cc(N2NC(=O)N(CCCF)N2)c(F)cc1Cl. The Bertz CT molecular complexity index is 734. The number of halogens is 3. The summed E-state index contributed by atoms with van der Waals surface area (Å²) < 4.78 is 51.9. The zero-order valence-electron chi connectivity index (χ0n) is 12.6. The lowest BCUT2D eigenvalue weighted by Gasteiger charge is -2.20. The molecule has 1 aliphatic rings. The van der Waals surface area contributed by atoms with E-state index in [0.29, 0.717) is 0 Å². The molecule has 1 aromatic rings. The minimum Gasteiger partial charge on any atom is -0.282 e. The third kappa shape index (κ3) is 4.16. The average Bonchev–Trinajstić information content (AvgIpc) is 2.88. The van der Waals surface area contributed by atoms with Gasteiger partial charge in [-0.25, -0.2) is 28.0 Å². The maximum absolute atomic E-state index is 14.1. The molecule has 0 unspecified atom stereocenters. The van der Waals surface area contributed by atoms with Crippen molar-refractivity contribution in [2.75, 3.05) is 28.8 Å². The van der Waals surface area contributed by atoms with E-state index >= 15 is 0 Å². The molecular weight excluding hydrogens is 368 g/mol. The van der Waals surface area contributed by atoms with Gasteiger partial charge in [0.25, 0.3) is 0 Å². The van der Waals surface area contributed by atoms with Crippen LogP contribution in [0.15, 0.2) is 12.1 Å². The van der Waals surface area contributed by atoms with Crippen LogP contribution in [0.3, 0.4) is 0 Å². The molecule has 1 fully saturated rings. The first-order valence-corrected chi connectivity index (χ1v) is 9.00. The lowest BCUT2D eigenvalue weighted by Crippen LogP contribution is -2.43. The first kappa shape index (κ1) is 18.5. The first-order chi connectivity index (χ1) is 11.3. The van der Waals surface area contributed by atoms with Gasteiger partial charge < -0.3 is 0 Å². The van der Waals surface area contributed by atoms with Crippen LogP contribution in [0.25, 0.3) is 0 Å². The number of urea groups is 1. The van der Waals surface area contributed by atoms with E-state index in [0.717, 1.165) is 22.3 Å². The number of benzene rings is 1. The van der Waals surface area contributed by atoms with Gasteiger partial charge in [-0.3, -0.25) is 9.11 Å². The van der Waals surface area contributed by atoms with E-state index in [1.54, 1.807) is 0 Å². The van der Waals surface area contributed by atoms with Gasteiger partial charge in [-0.2, -0.15) is 5.12 Å². The van der Waals surface area contributed by atoms with Crippen molar-refractivity contribution in [3.63, 3.8) is 0 Å². The van der Waals surface area contributed by atoms with Gasteiger partial charge in [0.15, 0.2) is 5.82 Å². The Kier molecular flexibility index (Phi) is 5.67. The molecule has 2 rings (SSSR count). The second-order valence-corrected chi connectivity index (χ2v) is 7.25. The Hall–Kier alpha value is -1.85. The van der Waals surface area contributed by atoms with Crippen LogP contribution in [0.5, 0.6) is 0 Å². The van der Waals surface area contributed by atoms with Crippen molar-refractivity contribution in [1.82, 2.24) is 16.0 Å². The summed E-state index contributed by atoms with van der Waals surface area (Å²) in [6.45, 7) is 0.902. The Labute approximate surface area is 142 Å². The molecule has 134 valence electrons. The normalized spacial score (nSPS) is 14.9. The maximum atomic E-state index is 14.1. The number of hydrazine groups is 3. The third-order valence-corrected chi connectivity index (χ3v) is 4.72. The van der Waals surface area contributed by atoms with Crippen LogP contribution in [0.2, 0.25) is 5.02 Å². The number of carbonyl (C=O) groups excluding carboxylic acids is 1. The molecule has 1 saturated heterocycles. The average molecular weight is 384 g/mol. The highest BCUT2D eigenvalue weighted by molar-refractivity contribution is 7.92. The molecule has 0 aromatic heterocycles. The summed E-state index contributed by atoms with van der Waals surface area (Å²) in [7, 11) is -3.62. The molecule has 12 heteroatoms. The molecule has 1 heterocycles. The minimum atomic E-state index is -3.62. The molecule has 0 radical (unpaired) electrons. The Morgan fingerprint density at radius 1 is 1.38 bits per heavy atom. The summed E-state index contributed by atoms with van der Waals surface area (Å²) in [5, 5.41) is 1.88. The minimum absolute atomic E-state index is 0.0341. The van der Waals surface area contributed by atoms with Gasteiger partial charge in [-0.1, -0.05) is 11.6 Å². The molecule has 2 amide bonds. The maximum Gasteiger partial charge on any atom is 0.353 e. The lowest BCUT2D eigenvalue weighted by atomic mass is 10.2. The second-order valence-electron chi connectivity index (χ2n) is 4.84. The van der Waals surface area contributed by atoms with Crippen LogP contribution in [0, 0.1) is 5.82 Å². The van der Waals surface area contributed by atoms with Crippen molar-refractivity contribution in [1.29, 1.82) is 0 Å². The number of nitrogens with one attached hydrogen (secondary N) is 3. The molecule has 3 N–H and O–H groups in total. The number of alkyl halides is 1. The molecule has 8 nitrogen and oxygen atoms in total. The summed E-state index contributed by atoms with van der Waals surface area (Å²) in [6.07, 6.45) is 0.110. The first-order valence-electron chi connectivity index (χ1n) is 6.97. The van der Waals surface area contributed by atoms with Crippen LogP contribution in [0.1, 0.15) is 13.3 Å². The number of sulfonamides is 1. The van der Waals surface area contributed by atoms with Crippen molar-refractivity contribution < 1.29 is 22.0 Å². The standard InChI is InChI=1S/C12H16ClF2N5O3S/c1-2-24(22,23)17-10-7-11(9(15)6-8(10)13)20-16-12(21)19(18-20)5-3-4-14/h6-7,17-18H,2-5H2,1H3,(H,16,21). The summed E-state index contributed by atoms with van der Waals surface area (Å²) in [4.78, 5) is 11.7. The largest absolute Gasteiger partial charge is 0.353 e. The van der Waals surface area contributed by atoms with Crippen LogP contribution >= 0.6 is 11.6 Å². The summed E-state index contributed by atoms with van der Waals surface area (Å²) in [5.41, 5.74) is 4.66. The van der Waals surface area contributed by atoms with Crippen molar-refractivity contribution in [3.05, 3.63) is 23.0 Å². The van der Waals surface area contributed by atoms with Crippen LogP contribution in [0.4, 0.5) is 25.0 Å². The van der Waals surface area contributed by atoms with E-state index in [9.17, 15) is 22.0 Å². The lowest BCUT2D eigenvalue weighted by molar-refractivity contribution is 0.197. The molecule has 1 aliphatic heterocycles. The predicted molar refractivity (Wildman–Crippen MR) is 85.9 cm³/mol. The van der Waals surface area contributed by atoms with E-state index < -0.39 is 28.5 Å². The number of hydrogen-bond acceptors (Lipinski definition) is 5. The van der Waals surface area contributed by atoms with Gasteiger partial charge in [0, 0.05) is 6.54 Å². The summed E-state index contributed by atoms with van der Waals surface area (Å²) in [5.74, 6) is -0.981. The van der Waals surface area contributed by atoms with Crippen molar-refractivity contribution in [2.45, 2.75) is 13.3 Å². The Morgan fingerprint density at radius 2 is 2.08 bits per heavy atom. The fourth-order valence-electron chi connectivity index (χ4n) is 1.86. The second kappa shape index (κ2) is 7.36. The van der Waals surface area contributed by atoms with Gasteiger partial charge >= 0.3 is 6.03 Å². The number of nitrogens with zero attached hydrogens (tertiary/aromatic N) is 2. The smallest absolute Gasteiger partial charge is 0.282 e. The van der Waals surface area contributed by atoms with Gasteiger partial charge in [-0.05, 0) is 25.5 Å². The van der Waals surface area contributed by atoms with E-state index in [2.05, 4.69) is 15.7 Å². The number of anilines is 2. The molecule has 24 heavy (non-hydrogen) atoms. The monoisotopic (exact) mass is 383 g/mol. The van der Waals surface area contributed by atoms with Gasteiger partial charge in [-0.15, -0.1) is 5.53 Å². The molecule has 0 spiro atoms. The number of hydrogen-bond donors (Lipinski definition) is 3. The van der Waals surface area contributed by atoms with Gasteiger partial charge in [0.05, 0.1) is 23.1 Å². The zero-order chi connectivity index (χ0) is 17.9. The topological polar surface area (TPSA) is 93.8 Å². The zero-order valence-corrected chi connectivity index (χ0v) is 14.2. The summed E-state index contributed by atoms with van der Waals surface area (Å²) >= 11 is 5.85. The molecule has 1 aromatic carbocycles. The van der Waals surface area contributed by atoms with Gasteiger partial charge in [0.2, 0.25) is 10.0 Å². The van der Waals surface area contributed by atoms with Crippen LogP contribution in [-0.4, -0.2) is 38.4 Å². The number of amides is 2. The van der Waals surface area contributed by atoms with Crippen molar-refractivity contribution in [3.8, 4) is 0 Å². The van der Waals surface area contributed by atoms with E-state index in [1.165, 1.54) is 6.92 Å². The highest BCUT2D eigenvalue weighted by Crippen LogP contribution is 2.31. The number of carbonyl (C=O) groups is 1. The molecule has 0 atom stereocenters.